The summed E-state index contributed by atoms with van der Waals surface area (Å²) in [7, 11) is 3.21. The molecular weight excluding hydrogens is 412 g/mol. The Labute approximate surface area is 188 Å². The van der Waals surface area contributed by atoms with Crippen LogP contribution in [-0.4, -0.2) is 45.5 Å². The molecule has 0 fully saturated rings. The molecule has 32 heavy (non-hydrogen) atoms. The molecule has 0 heterocycles. The molecule has 0 aliphatic rings. The third-order valence-corrected chi connectivity index (χ3v) is 4.54. The smallest absolute Gasteiger partial charge is 0.412 e. The second kappa shape index (κ2) is 12.4. The van der Waals surface area contributed by atoms with Gasteiger partial charge in [0.1, 0.15) is 29.9 Å². The number of carbonyl (C=O) groups is 2. The standard InChI is InChI=1S/C24H30N2O6/c1-16(2)22(25)23(27)31-12-11-26-24(28)32-19-9-7-17(8-10-19)5-6-18-13-20(29-3)15-21(14-18)30-4/h5-10,13-16,22H,11-12,25H2,1-4H3,(H,26,28)/b6-5+. The van der Waals surface area contributed by atoms with Gasteiger partial charge < -0.3 is 30.0 Å². The van der Waals surface area contributed by atoms with Crippen LogP contribution in [0, 0.1) is 5.92 Å². The quantitative estimate of drug-likeness (QED) is 0.329. The van der Waals surface area contributed by atoms with E-state index in [1.165, 1.54) is 0 Å². The minimum absolute atomic E-state index is 0.0170. The monoisotopic (exact) mass is 442 g/mol. The van der Waals surface area contributed by atoms with Crippen molar-refractivity contribution in [3.8, 4) is 17.2 Å². The van der Waals surface area contributed by atoms with E-state index in [4.69, 9.17) is 24.7 Å². The summed E-state index contributed by atoms with van der Waals surface area (Å²) < 4.78 is 20.8. The second-order valence-electron chi connectivity index (χ2n) is 7.30. The Morgan fingerprint density at radius 3 is 2.09 bits per heavy atom. The first-order valence-corrected chi connectivity index (χ1v) is 10.2. The highest BCUT2D eigenvalue weighted by Crippen LogP contribution is 2.24. The first-order chi connectivity index (χ1) is 15.3. The number of ether oxygens (including phenoxy) is 4. The number of esters is 1. The highest BCUT2D eigenvalue weighted by Gasteiger charge is 2.18. The zero-order chi connectivity index (χ0) is 23.5. The van der Waals surface area contributed by atoms with Crippen LogP contribution in [0.5, 0.6) is 17.2 Å². The molecule has 0 radical (unpaired) electrons. The van der Waals surface area contributed by atoms with Gasteiger partial charge >= 0.3 is 12.1 Å². The largest absolute Gasteiger partial charge is 0.497 e. The molecule has 1 amide bonds. The van der Waals surface area contributed by atoms with Gasteiger partial charge in [0.25, 0.3) is 0 Å². The van der Waals surface area contributed by atoms with E-state index in [0.29, 0.717) is 17.2 Å². The summed E-state index contributed by atoms with van der Waals surface area (Å²) in [5.41, 5.74) is 7.55. The fraction of sp³-hybridized carbons (Fsp3) is 0.333. The summed E-state index contributed by atoms with van der Waals surface area (Å²) in [4.78, 5) is 23.5. The van der Waals surface area contributed by atoms with Gasteiger partial charge in [-0.15, -0.1) is 0 Å². The molecule has 8 nitrogen and oxygen atoms in total. The SMILES string of the molecule is COc1cc(/C=C/c2ccc(OC(=O)NCCOC(=O)C(N)C(C)C)cc2)cc(OC)c1. The van der Waals surface area contributed by atoms with E-state index in [1.807, 2.05) is 50.3 Å². The highest BCUT2D eigenvalue weighted by atomic mass is 16.6. The fourth-order valence-corrected chi connectivity index (χ4v) is 2.58. The lowest BCUT2D eigenvalue weighted by Gasteiger charge is -2.14. The summed E-state index contributed by atoms with van der Waals surface area (Å²) in [5, 5.41) is 2.52. The Morgan fingerprint density at radius 1 is 0.938 bits per heavy atom. The molecule has 0 spiro atoms. The van der Waals surface area contributed by atoms with Gasteiger partial charge in [0.05, 0.1) is 20.8 Å². The molecule has 0 aliphatic carbocycles. The second-order valence-corrected chi connectivity index (χ2v) is 7.30. The summed E-state index contributed by atoms with van der Waals surface area (Å²) in [6.07, 6.45) is 3.22. The number of nitrogens with two attached hydrogens (primary N) is 1. The van der Waals surface area contributed by atoms with Gasteiger partial charge in [-0.3, -0.25) is 4.79 Å². The van der Waals surface area contributed by atoms with Crippen molar-refractivity contribution < 1.29 is 28.5 Å². The van der Waals surface area contributed by atoms with E-state index >= 15 is 0 Å². The normalized spacial score (nSPS) is 11.8. The first-order valence-electron chi connectivity index (χ1n) is 10.2. The zero-order valence-electron chi connectivity index (χ0n) is 18.8. The molecule has 2 rings (SSSR count). The van der Waals surface area contributed by atoms with Gasteiger partial charge in [0.2, 0.25) is 0 Å². The summed E-state index contributed by atoms with van der Waals surface area (Å²) >= 11 is 0. The lowest BCUT2D eigenvalue weighted by molar-refractivity contribution is -0.146. The minimum Gasteiger partial charge on any atom is -0.497 e. The average Bonchev–Trinajstić information content (AvgIpc) is 2.80. The molecule has 0 bridgehead atoms. The van der Waals surface area contributed by atoms with Crippen LogP contribution in [0.2, 0.25) is 0 Å². The molecule has 172 valence electrons. The average molecular weight is 443 g/mol. The van der Waals surface area contributed by atoms with Crippen LogP contribution in [-0.2, 0) is 9.53 Å². The van der Waals surface area contributed by atoms with Gasteiger partial charge in [0, 0.05) is 6.07 Å². The van der Waals surface area contributed by atoms with Gasteiger partial charge in [-0.2, -0.15) is 0 Å². The number of rotatable bonds is 10. The van der Waals surface area contributed by atoms with Crippen LogP contribution < -0.4 is 25.3 Å². The van der Waals surface area contributed by atoms with Crippen LogP contribution in [0.1, 0.15) is 25.0 Å². The highest BCUT2D eigenvalue weighted by molar-refractivity contribution is 5.76. The van der Waals surface area contributed by atoms with Crippen molar-refractivity contribution in [3.05, 3.63) is 53.6 Å². The molecular formula is C24H30N2O6. The van der Waals surface area contributed by atoms with Crippen molar-refractivity contribution in [2.24, 2.45) is 11.7 Å². The molecule has 0 saturated heterocycles. The molecule has 8 heteroatoms. The maximum atomic E-state index is 11.9. The maximum absolute atomic E-state index is 11.9. The fourth-order valence-electron chi connectivity index (χ4n) is 2.58. The predicted molar refractivity (Wildman–Crippen MR) is 123 cm³/mol. The van der Waals surface area contributed by atoms with E-state index in [9.17, 15) is 9.59 Å². The van der Waals surface area contributed by atoms with Crippen molar-refractivity contribution in [1.82, 2.24) is 5.32 Å². The lowest BCUT2D eigenvalue weighted by Crippen LogP contribution is -2.38. The number of benzene rings is 2. The van der Waals surface area contributed by atoms with Crippen molar-refractivity contribution in [3.63, 3.8) is 0 Å². The van der Waals surface area contributed by atoms with Crippen molar-refractivity contribution in [2.45, 2.75) is 19.9 Å². The molecule has 1 unspecified atom stereocenters. The number of methoxy groups -OCH3 is 2. The van der Waals surface area contributed by atoms with Crippen LogP contribution in [0.25, 0.3) is 12.2 Å². The zero-order valence-corrected chi connectivity index (χ0v) is 18.8. The first kappa shape index (κ1) is 24.7. The van der Waals surface area contributed by atoms with E-state index in [0.717, 1.165) is 11.1 Å². The Balaban J connectivity index is 1.82. The Kier molecular flexibility index (Phi) is 9.56. The predicted octanol–water partition coefficient (Wildman–Crippen LogP) is 3.49. The van der Waals surface area contributed by atoms with Crippen molar-refractivity contribution >= 4 is 24.2 Å². The number of hydrogen-bond donors (Lipinski definition) is 2. The van der Waals surface area contributed by atoms with E-state index < -0.39 is 18.1 Å². The third kappa shape index (κ3) is 7.96. The van der Waals surface area contributed by atoms with Crippen molar-refractivity contribution in [1.29, 1.82) is 0 Å². The van der Waals surface area contributed by atoms with E-state index in [2.05, 4.69) is 5.32 Å². The lowest BCUT2D eigenvalue weighted by atomic mass is 10.1. The molecule has 3 N–H and O–H groups in total. The summed E-state index contributed by atoms with van der Waals surface area (Å²) in [6, 6.07) is 11.9. The molecule has 0 aliphatic heterocycles. The van der Waals surface area contributed by atoms with Gasteiger partial charge in [-0.25, -0.2) is 4.79 Å². The Morgan fingerprint density at radius 2 is 1.53 bits per heavy atom. The van der Waals surface area contributed by atoms with Gasteiger partial charge in [-0.1, -0.05) is 38.1 Å². The summed E-state index contributed by atoms with van der Waals surface area (Å²) in [5.74, 6) is 1.29. The number of hydrogen-bond acceptors (Lipinski definition) is 7. The Bertz CT molecular complexity index is 902. The van der Waals surface area contributed by atoms with Gasteiger partial charge in [-0.05, 0) is 41.3 Å². The van der Waals surface area contributed by atoms with Crippen LogP contribution in [0.15, 0.2) is 42.5 Å². The van der Waals surface area contributed by atoms with E-state index in [1.54, 1.807) is 32.4 Å². The molecule has 0 aromatic heterocycles. The third-order valence-electron chi connectivity index (χ3n) is 4.54. The van der Waals surface area contributed by atoms with Crippen molar-refractivity contribution in [2.75, 3.05) is 27.4 Å². The number of carbonyl (C=O) groups excluding carboxylic acids is 2. The molecule has 2 aromatic rings. The number of nitrogens with one attached hydrogen (secondary N) is 1. The topological polar surface area (TPSA) is 109 Å². The van der Waals surface area contributed by atoms with Crippen LogP contribution in [0.4, 0.5) is 4.79 Å². The van der Waals surface area contributed by atoms with E-state index in [-0.39, 0.29) is 19.1 Å². The van der Waals surface area contributed by atoms with Crippen LogP contribution in [0.3, 0.4) is 0 Å². The number of amides is 1. The summed E-state index contributed by atoms with van der Waals surface area (Å²) in [6.45, 7) is 3.81. The maximum Gasteiger partial charge on any atom is 0.412 e. The molecule has 2 aromatic carbocycles. The Hall–Kier alpha value is -3.52. The van der Waals surface area contributed by atoms with Gasteiger partial charge in [0.15, 0.2) is 0 Å². The molecule has 1 atom stereocenters. The molecule has 0 saturated carbocycles. The minimum atomic E-state index is -0.680. The van der Waals surface area contributed by atoms with Crippen LogP contribution >= 0.6 is 0 Å².